The first-order valence-corrected chi connectivity index (χ1v) is 10.4. The minimum atomic E-state index is -0.203. The van der Waals surface area contributed by atoms with Crippen molar-refractivity contribution in [3.05, 3.63) is 81.5 Å². The van der Waals surface area contributed by atoms with E-state index < -0.39 is 0 Å². The van der Waals surface area contributed by atoms with Crippen LogP contribution in [0.3, 0.4) is 0 Å². The quantitative estimate of drug-likeness (QED) is 0.644. The smallest absolute Gasteiger partial charge is 0.258 e. The molecule has 0 fully saturated rings. The molecule has 0 spiro atoms. The standard InChI is InChI=1S/C23H22N2O3S/c1-15-4-6-16(7-5-15)23(20-3-2-12-29-20)25-22(27)14-28-18-9-10-19-17(13-18)8-11-21(26)24-19/h2-7,9-10,12-13,23H,8,11,14H2,1H3,(H,24,26)(H,25,27). The predicted molar refractivity (Wildman–Crippen MR) is 114 cm³/mol. The van der Waals surface area contributed by atoms with Crippen molar-refractivity contribution in [1.29, 1.82) is 0 Å². The van der Waals surface area contributed by atoms with Crippen LogP contribution >= 0.6 is 11.3 Å². The number of benzene rings is 2. The summed E-state index contributed by atoms with van der Waals surface area (Å²) in [5.41, 5.74) is 4.06. The number of amides is 2. The van der Waals surface area contributed by atoms with Crippen molar-refractivity contribution in [2.24, 2.45) is 0 Å². The van der Waals surface area contributed by atoms with Gasteiger partial charge in [-0.15, -0.1) is 11.3 Å². The fourth-order valence-electron chi connectivity index (χ4n) is 3.33. The van der Waals surface area contributed by atoms with Crippen molar-refractivity contribution in [2.45, 2.75) is 25.8 Å². The topological polar surface area (TPSA) is 67.4 Å². The molecule has 1 aliphatic heterocycles. The number of carbonyl (C=O) groups is 2. The Bertz CT molecular complexity index is 1010. The number of ether oxygens (including phenoxy) is 1. The Labute approximate surface area is 173 Å². The minimum Gasteiger partial charge on any atom is -0.484 e. The lowest BCUT2D eigenvalue weighted by Crippen LogP contribution is -2.33. The van der Waals surface area contributed by atoms with Gasteiger partial charge in [0.25, 0.3) is 5.91 Å². The Morgan fingerprint density at radius 2 is 2.00 bits per heavy atom. The Kier molecular flexibility index (Phi) is 5.62. The Balaban J connectivity index is 1.42. The van der Waals surface area contributed by atoms with Gasteiger partial charge >= 0.3 is 0 Å². The maximum absolute atomic E-state index is 12.6. The highest BCUT2D eigenvalue weighted by molar-refractivity contribution is 7.10. The number of hydrogen-bond acceptors (Lipinski definition) is 4. The summed E-state index contributed by atoms with van der Waals surface area (Å²) < 4.78 is 5.71. The molecule has 1 aliphatic rings. The van der Waals surface area contributed by atoms with Gasteiger partial charge in [-0.2, -0.15) is 0 Å². The number of nitrogens with one attached hydrogen (secondary N) is 2. The first-order valence-electron chi connectivity index (χ1n) is 9.53. The fourth-order valence-corrected chi connectivity index (χ4v) is 4.14. The molecule has 2 heterocycles. The summed E-state index contributed by atoms with van der Waals surface area (Å²) in [4.78, 5) is 25.1. The molecule has 0 aliphatic carbocycles. The van der Waals surface area contributed by atoms with Crippen LogP contribution < -0.4 is 15.4 Å². The third-order valence-corrected chi connectivity index (χ3v) is 5.82. The molecule has 6 heteroatoms. The molecule has 29 heavy (non-hydrogen) atoms. The van der Waals surface area contributed by atoms with Gasteiger partial charge in [0.15, 0.2) is 6.61 Å². The molecular formula is C23H22N2O3S. The average Bonchev–Trinajstić information content (AvgIpc) is 3.26. The van der Waals surface area contributed by atoms with Gasteiger partial charge in [-0.25, -0.2) is 0 Å². The van der Waals surface area contributed by atoms with E-state index in [1.54, 1.807) is 17.4 Å². The molecule has 1 unspecified atom stereocenters. The van der Waals surface area contributed by atoms with Crippen LogP contribution in [0.15, 0.2) is 60.0 Å². The highest BCUT2D eigenvalue weighted by Gasteiger charge is 2.19. The van der Waals surface area contributed by atoms with E-state index in [2.05, 4.69) is 10.6 Å². The zero-order chi connectivity index (χ0) is 20.2. The van der Waals surface area contributed by atoms with E-state index in [4.69, 9.17) is 4.74 Å². The lowest BCUT2D eigenvalue weighted by atomic mass is 10.0. The molecule has 1 aromatic heterocycles. The third kappa shape index (κ3) is 4.66. The third-order valence-electron chi connectivity index (χ3n) is 4.89. The van der Waals surface area contributed by atoms with Crippen molar-refractivity contribution in [3.8, 4) is 5.75 Å². The van der Waals surface area contributed by atoms with E-state index >= 15 is 0 Å². The zero-order valence-corrected chi connectivity index (χ0v) is 16.9. The lowest BCUT2D eigenvalue weighted by Gasteiger charge is -2.19. The Morgan fingerprint density at radius 1 is 1.17 bits per heavy atom. The average molecular weight is 407 g/mol. The number of aryl methyl sites for hydroxylation is 2. The van der Waals surface area contributed by atoms with Gasteiger partial charge in [0, 0.05) is 17.0 Å². The number of rotatable bonds is 6. The molecule has 5 nitrogen and oxygen atoms in total. The van der Waals surface area contributed by atoms with E-state index in [0.29, 0.717) is 18.6 Å². The van der Waals surface area contributed by atoms with Crippen molar-refractivity contribution < 1.29 is 14.3 Å². The molecule has 148 valence electrons. The van der Waals surface area contributed by atoms with Gasteiger partial charge in [0.2, 0.25) is 5.91 Å². The van der Waals surface area contributed by atoms with Crippen LogP contribution in [0, 0.1) is 6.92 Å². The van der Waals surface area contributed by atoms with Crippen LogP contribution in [0.25, 0.3) is 0 Å². The zero-order valence-electron chi connectivity index (χ0n) is 16.1. The molecule has 1 atom stereocenters. The van der Waals surface area contributed by atoms with Gasteiger partial charge in [0.1, 0.15) is 5.75 Å². The van der Waals surface area contributed by atoms with Crippen molar-refractivity contribution >= 4 is 28.8 Å². The molecule has 3 aromatic rings. The van der Waals surface area contributed by atoms with Gasteiger partial charge in [-0.3, -0.25) is 9.59 Å². The van der Waals surface area contributed by atoms with Crippen LogP contribution in [-0.4, -0.2) is 18.4 Å². The molecule has 0 saturated heterocycles. The normalized spacial score (nSPS) is 13.9. The Hall–Kier alpha value is -3.12. The van der Waals surface area contributed by atoms with E-state index in [1.807, 2.05) is 60.8 Å². The SMILES string of the molecule is Cc1ccc(C(NC(=O)COc2ccc3c(c2)CCC(=O)N3)c2cccs2)cc1. The second kappa shape index (κ2) is 8.49. The van der Waals surface area contributed by atoms with Crippen LogP contribution in [0.4, 0.5) is 5.69 Å². The van der Waals surface area contributed by atoms with E-state index in [9.17, 15) is 9.59 Å². The Morgan fingerprint density at radius 3 is 2.76 bits per heavy atom. The van der Waals surface area contributed by atoms with E-state index in [-0.39, 0.29) is 24.5 Å². The summed E-state index contributed by atoms with van der Waals surface area (Å²) in [5.74, 6) is 0.467. The van der Waals surface area contributed by atoms with E-state index in [0.717, 1.165) is 21.7 Å². The van der Waals surface area contributed by atoms with E-state index in [1.165, 1.54) is 5.56 Å². The van der Waals surface area contributed by atoms with Crippen molar-refractivity contribution in [3.63, 3.8) is 0 Å². The van der Waals surface area contributed by atoms with Crippen LogP contribution in [0.5, 0.6) is 5.75 Å². The first kappa shape index (κ1) is 19.2. The summed E-state index contributed by atoms with van der Waals surface area (Å²) in [6, 6.07) is 17.5. The van der Waals surface area contributed by atoms with Crippen LogP contribution in [0.2, 0.25) is 0 Å². The van der Waals surface area contributed by atoms with Crippen molar-refractivity contribution in [2.75, 3.05) is 11.9 Å². The maximum atomic E-state index is 12.6. The largest absolute Gasteiger partial charge is 0.484 e. The monoisotopic (exact) mass is 406 g/mol. The molecule has 0 bridgehead atoms. The molecule has 2 amide bonds. The minimum absolute atomic E-state index is 0.0290. The summed E-state index contributed by atoms with van der Waals surface area (Å²) in [7, 11) is 0. The molecule has 0 radical (unpaired) electrons. The second-order valence-corrected chi connectivity index (χ2v) is 8.06. The number of thiophene rings is 1. The first-order chi connectivity index (χ1) is 14.1. The molecule has 4 rings (SSSR count). The molecule has 2 N–H and O–H groups in total. The highest BCUT2D eigenvalue weighted by atomic mass is 32.1. The lowest BCUT2D eigenvalue weighted by molar-refractivity contribution is -0.123. The summed E-state index contributed by atoms with van der Waals surface area (Å²) in [6.45, 7) is 1.97. The van der Waals surface area contributed by atoms with Crippen LogP contribution in [0.1, 0.15) is 34.0 Å². The molecule has 0 saturated carbocycles. The summed E-state index contributed by atoms with van der Waals surface area (Å²) in [5, 5.41) is 7.93. The maximum Gasteiger partial charge on any atom is 0.258 e. The van der Waals surface area contributed by atoms with Crippen LogP contribution in [-0.2, 0) is 16.0 Å². The highest BCUT2D eigenvalue weighted by Crippen LogP contribution is 2.28. The number of carbonyl (C=O) groups excluding carboxylic acids is 2. The van der Waals surface area contributed by atoms with Gasteiger partial charge < -0.3 is 15.4 Å². The predicted octanol–water partition coefficient (Wildman–Crippen LogP) is 4.23. The summed E-state index contributed by atoms with van der Waals surface area (Å²) in [6.07, 6.45) is 1.15. The van der Waals surface area contributed by atoms with Gasteiger partial charge in [0.05, 0.1) is 6.04 Å². The number of hydrogen-bond donors (Lipinski definition) is 2. The number of fused-ring (bicyclic) bond motifs is 1. The van der Waals surface area contributed by atoms with Gasteiger partial charge in [-0.05, 0) is 54.1 Å². The fraction of sp³-hybridized carbons (Fsp3) is 0.217. The molecule has 2 aromatic carbocycles. The summed E-state index contributed by atoms with van der Waals surface area (Å²) >= 11 is 1.61. The second-order valence-electron chi connectivity index (χ2n) is 7.08. The van der Waals surface area contributed by atoms with Crippen molar-refractivity contribution in [1.82, 2.24) is 5.32 Å². The number of anilines is 1. The molecular weight excluding hydrogens is 384 g/mol. The van der Waals surface area contributed by atoms with Gasteiger partial charge in [-0.1, -0.05) is 35.9 Å².